The topological polar surface area (TPSA) is 80.0 Å². The second-order valence-electron chi connectivity index (χ2n) is 6.94. The fourth-order valence-electron chi connectivity index (χ4n) is 3.49. The number of carboxylic acid groups (broad SMARTS) is 1. The van der Waals surface area contributed by atoms with E-state index >= 15 is 0 Å². The van der Waals surface area contributed by atoms with Crippen LogP contribution >= 0.6 is 0 Å². The highest BCUT2D eigenvalue weighted by atomic mass is 16.5. The Morgan fingerprint density at radius 2 is 2.07 bits per heavy atom. The van der Waals surface area contributed by atoms with Crippen LogP contribution in [-0.4, -0.2) is 56.9 Å². The molecular weight excluding hydrogens is 344 g/mol. The van der Waals surface area contributed by atoms with Gasteiger partial charge in [0.2, 0.25) is 0 Å². The lowest BCUT2D eigenvalue weighted by Gasteiger charge is -2.23. The number of rotatable bonds is 5. The molecule has 0 unspecified atom stereocenters. The lowest BCUT2D eigenvalue weighted by atomic mass is 10.0. The molecule has 3 aromatic rings. The van der Waals surface area contributed by atoms with Gasteiger partial charge in [0.25, 0.3) is 0 Å². The van der Waals surface area contributed by atoms with E-state index in [0.717, 1.165) is 49.6 Å². The van der Waals surface area contributed by atoms with Crippen LogP contribution in [0.5, 0.6) is 0 Å². The zero-order valence-corrected chi connectivity index (χ0v) is 15.0. The third kappa shape index (κ3) is 4.32. The van der Waals surface area contributed by atoms with Crippen molar-refractivity contribution in [1.82, 2.24) is 19.5 Å². The largest absolute Gasteiger partial charge is 0.478 e. The number of benzene rings is 1. The van der Waals surface area contributed by atoms with Crippen LogP contribution in [0.4, 0.5) is 0 Å². The van der Waals surface area contributed by atoms with E-state index in [1.165, 1.54) is 0 Å². The van der Waals surface area contributed by atoms with Crippen molar-refractivity contribution in [2.45, 2.75) is 13.0 Å². The van der Waals surface area contributed by atoms with Crippen LogP contribution in [0.25, 0.3) is 5.65 Å². The van der Waals surface area contributed by atoms with Crippen LogP contribution in [0.2, 0.25) is 0 Å². The number of ether oxygens (including phenoxy) is 1. The molecule has 7 nitrogen and oxygen atoms in total. The summed E-state index contributed by atoms with van der Waals surface area (Å²) >= 11 is 0. The lowest BCUT2D eigenvalue weighted by Crippen LogP contribution is -2.30. The van der Waals surface area contributed by atoms with Crippen molar-refractivity contribution in [2.24, 2.45) is 5.92 Å². The molecule has 0 saturated carbocycles. The van der Waals surface area contributed by atoms with E-state index < -0.39 is 5.97 Å². The minimum absolute atomic E-state index is 0.316. The molecule has 1 fully saturated rings. The number of nitrogens with zero attached hydrogens (tertiary/aromatic N) is 4. The Hall–Kier alpha value is -2.77. The van der Waals surface area contributed by atoms with Crippen LogP contribution < -0.4 is 0 Å². The third-order valence-electron chi connectivity index (χ3n) is 4.84. The van der Waals surface area contributed by atoms with Gasteiger partial charge < -0.3 is 9.84 Å². The van der Waals surface area contributed by atoms with E-state index in [-0.39, 0.29) is 0 Å². The first-order chi connectivity index (χ1) is 13.2. The number of hydrogen-bond acceptors (Lipinski definition) is 5. The number of imidazole rings is 1. The average molecular weight is 366 g/mol. The van der Waals surface area contributed by atoms with E-state index in [2.05, 4.69) is 15.0 Å². The van der Waals surface area contributed by atoms with Crippen LogP contribution in [0.15, 0.2) is 48.8 Å². The van der Waals surface area contributed by atoms with Gasteiger partial charge in [-0.2, -0.15) is 5.10 Å². The maximum absolute atomic E-state index is 11.0. The molecular formula is C20H22N4O3. The van der Waals surface area contributed by atoms with Crippen LogP contribution in [-0.2, 0) is 17.7 Å². The zero-order valence-electron chi connectivity index (χ0n) is 15.0. The summed E-state index contributed by atoms with van der Waals surface area (Å²) in [7, 11) is 0. The second kappa shape index (κ2) is 7.85. The highest BCUT2D eigenvalue weighted by Crippen LogP contribution is 2.16. The Morgan fingerprint density at radius 1 is 1.22 bits per heavy atom. The monoisotopic (exact) mass is 366 g/mol. The molecule has 7 heteroatoms. The molecule has 27 heavy (non-hydrogen) atoms. The van der Waals surface area contributed by atoms with Crippen molar-refractivity contribution in [1.29, 1.82) is 0 Å². The summed E-state index contributed by atoms with van der Waals surface area (Å²) < 4.78 is 7.60. The number of hydrogen-bond donors (Lipinski definition) is 1. The number of aromatic carboxylic acids is 1. The van der Waals surface area contributed by atoms with Crippen molar-refractivity contribution < 1.29 is 14.6 Å². The number of fused-ring (bicyclic) bond motifs is 1. The predicted octanol–water partition coefficient (Wildman–Crippen LogP) is 2.12. The van der Waals surface area contributed by atoms with Gasteiger partial charge in [-0.05, 0) is 36.2 Å². The highest BCUT2D eigenvalue weighted by Gasteiger charge is 2.20. The minimum atomic E-state index is -0.896. The van der Waals surface area contributed by atoms with Gasteiger partial charge in [-0.15, -0.1) is 0 Å². The fraction of sp³-hybridized carbons (Fsp3) is 0.350. The molecule has 1 aromatic carbocycles. The van der Waals surface area contributed by atoms with E-state index in [4.69, 9.17) is 9.84 Å². The highest BCUT2D eigenvalue weighted by molar-refractivity contribution is 5.87. The molecule has 0 radical (unpaired) electrons. The molecule has 1 saturated heterocycles. The molecule has 1 N–H and O–H groups in total. The molecule has 2 aromatic heterocycles. The standard InChI is InChI=1S/C20H22N4O3/c25-20(26)17-3-1-15(2-4-17)12-23-9-10-27-14-16(13-23)11-18-5-6-19-21-7-8-24(19)22-18/h1-8,16H,9-14H2,(H,25,26)/t16-/m0/s1. The Morgan fingerprint density at radius 3 is 2.89 bits per heavy atom. The molecule has 140 valence electrons. The van der Waals surface area contributed by atoms with Gasteiger partial charge in [0.05, 0.1) is 24.5 Å². The van der Waals surface area contributed by atoms with Crippen molar-refractivity contribution in [3.8, 4) is 0 Å². The lowest BCUT2D eigenvalue weighted by molar-refractivity contribution is 0.0697. The summed E-state index contributed by atoms with van der Waals surface area (Å²) in [5.74, 6) is -0.536. The van der Waals surface area contributed by atoms with E-state index in [0.29, 0.717) is 18.1 Å². The van der Waals surface area contributed by atoms with Crippen molar-refractivity contribution in [3.63, 3.8) is 0 Å². The number of carboxylic acids is 1. The van der Waals surface area contributed by atoms with Crippen LogP contribution in [0.3, 0.4) is 0 Å². The Bertz CT molecular complexity index is 922. The Balaban J connectivity index is 1.41. The summed E-state index contributed by atoms with van der Waals surface area (Å²) in [6.45, 7) is 4.00. The van der Waals surface area contributed by atoms with Gasteiger partial charge in [0.1, 0.15) is 0 Å². The summed E-state index contributed by atoms with van der Waals surface area (Å²) in [4.78, 5) is 17.6. The SMILES string of the molecule is O=C(O)c1ccc(CN2CCOC[C@@H](Cc3ccc4nccn4n3)C2)cc1. The van der Waals surface area contributed by atoms with Crippen LogP contribution in [0, 0.1) is 5.92 Å². The molecule has 1 atom stereocenters. The summed E-state index contributed by atoms with van der Waals surface area (Å²) in [6, 6.07) is 11.1. The van der Waals surface area contributed by atoms with Crippen molar-refractivity contribution >= 4 is 11.6 Å². The minimum Gasteiger partial charge on any atom is -0.478 e. The number of carbonyl (C=O) groups is 1. The van der Waals surface area contributed by atoms with E-state index in [9.17, 15) is 4.79 Å². The van der Waals surface area contributed by atoms with Gasteiger partial charge in [-0.25, -0.2) is 14.3 Å². The summed E-state index contributed by atoms with van der Waals surface area (Å²) in [5, 5.41) is 13.6. The molecule has 1 aliphatic heterocycles. The fourth-order valence-corrected chi connectivity index (χ4v) is 3.49. The van der Waals surface area contributed by atoms with Crippen LogP contribution in [0.1, 0.15) is 21.6 Å². The maximum atomic E-state index is 11.0. The number of aromatic nitrogens is 3. The zero-order chi connectivity index (χ0) is 18.6. The molecule has 0 amide bonds. The third-order valence-corrected chi connectivity index (χ3v) is 4.84. The molecule has 1 aliphatic rings. The Kier molecular flexibility index (Phi) is 5.13. The smallest absolute Gasteiger partial charge is 0.335 e. The molecule has 0 bridgehead atoms. The second-order valence-corrected chi connectivity index (χ2v) is 6.94. The van der Waals surface area contributed by atoms with Gasteiger partial charge in [0, 0.05) is 37.9 Å². The molecule has 0 aliphatic carbocycles. The van der Waals surface area contributed by atoms with Gasteiger partial charge >= 0.3 is 5.97 Å². The quantitative estimate of drug-likeness (QED) is 0.745. The van der Waals surface area contributed by atoms with Gasteiger partial charge in [-0.3, -0.25) is 4.90 Å². The molecule has 3 heterocycles. The van der Waals surface area contributed by atoms with E-state index in [1.807, 2.05) is 30.5 Å². The van der Waals surface area contributed by atoms with E-state index in [1.54, 1.807) is 22.8 Å². The van der Waals surface area contributed by atoms with Gasteiger partial charge in [0.15, 0.2) is 5.65 Å². The Labute approximate surface area is 157 Å². The van der Waals surface area contributed by atoms with Crippen molar-refractivity contribution in [3.05, 3.63) is 65.6 Å². The van der Waals surface area contributed by atoms with Gasteiger partial charge in [-0.1, -0.05) is 12.1 Å². The predicted molar refractivity (Wildman–Crippen MR) is 99.7 cm³/mol. The summed E-state index contributed by atoms with van der Waals surface area (Å²) in [5.41, 5.74) is 3.31. The summed E-state index contributed by atoms with van der Waals surface area (Å²) in [6.07, 6.45) is 4.45. The normalized spacial score (nSPS) is 18.4. The first-order valence-corrected chi connectivity index (χ1v) is 9.09. The molecule has 0 spiro atoms. The average Bonchev–Trinajstić information content (AvgIpc) is 3.02. The first-order valence-electron chi connectivity index (χ1n) is 9.09. The molecule has 4 rings (SSSR count). The maximum Gasteiger partial charge on any atom is 0.335 e. The first kappa shape index (κ1) is 17.6. The van der Waals surface area contributed by atoms with Crippen molar-refractivity contribution in [2.75, 3.05) is 26.3 Å².